The number of carbonyl (C=O) groups excluding carboxylic acids is 1. The van der Waals surface area contributed by atoms with Gasteiger partial charge in [-0.25, -0.2) is 0 Å². The van der Waals surface area contributed by atoms with Crippen molar-refractivity contribution in [1.29, 1.82) is 0 Å². The van der Waals surface area contributed by atoms with Gasteiger partial charge >= 0.3 is 0 Å². The van der Waals surface area contributed by atoms with Gasteiger partial charge in [-0.1, -0.05) is 13.8 Å². The van der Waals surface area contributed by atoms with Crippen molar-refractivity contribution in [2.45, 2.75) is 45.1 Å². The minimum atomic E-state index is -0.0258. The van der Waals surface area contributed by atoms with E-state index < -0.39 is 0 Å². The van der Waals surface area contributed by atoms with E-state index in [0.29, 0.717) is 18.2 Å². The average Bonchev–Trinajstić information content (AvgIpc) is 3.15. The second-order valence-corrected chi connectivity index (χ2v) is 6.96. The lowest BCUT2D eigenvalue weighted by molar-refractivity contribution is 0.0526. The van der Waals surface area contributed by atoms with Gasteiger partial charge in [0.15, 0.2) is 5.69 Å². The Morgan fingerprint density at radius 1 is 1.38 bits per heavy atom. The van der Waals surface area contributed by atoms with Crippen LogP contribution < -0.4 is 5.73 Å². The Labute approximate surface area is 132 Å². The molecule has 1 aliphatic carbocycles. The number of carbonyl (C=O) groups is 1. The number of amides is 1. The molecular formula is C15H25ClN4O. The molecule has 1 saturated heterocycles. The molecule has 3 rings (SSSR count). The van der Waals surface area contributed by atoms with Gasteiger partial charge in [0.05, 0.1) is 0 Å². The van der Waals surface area contributed by atoms with Crippen molar-refractivity contribution in [3.63, 3.8) is 0 Å². The quantitative estimate of drug-likeness (QED) is 0.907. The molecule has 0 bridgehead atoms. The zero-order valence-electron chi connectivity index (χ0n) is 13.0. The van der Waals surface area contributed by atoms with Crippen molar-refractivity contribution in [3.05, 3.63) is 17.5 Å². The summed E-state index contributed by atoms with van der Waals surface area (Å²) in [5.74, 6) is 0.660. The fourth-order valence-electron chi connectivity index (χ4n) is 3.06. The predicted molar refractivity (Wildman–Crippen MR) is 84.7 cm³/mol. The predicted octanol–water partition coefficient (Wildman–Crippen LogP) is 1.92. The Bertz CT molecular complexity index is 536. The standard InChI is InChI=1S/C15H24N4O.ClH/c1-15(2)9-19(7-6-13(15)16)14(20)11-8-12(10-4-5-10)18(3)17-11;/h8,10,13H,4-7,9,16H2,1-3H3;1H. The maximum Gasteiger partial charge on any atom is 0.274 e. The third-order valence-electron chi connectivity index (χ3n) is 4.73. The lowest BCUT2D eigenvalue weighted by Crippen LogP contribution is -2.54. The summed E-state index contributed by atoms with van der Waals surface area (Å²) in [7, 11) is 1.93. The first-order chi connectivity index (χ1) is 9.38. The number of likely N-dealkylation sites (tertiary alicyclic amines) is 1. The normalized spacial score (nSPS) is 24.6. The highest BCUT2D eigenvalue weighted by Crippen LogP contribution is 2.40. The van der Waals surface area contributed by atoms with Crippen molar-refractivity contribution in [2.24, 2.45) is 18.2 Å². The van der Waals surface area contributed by atoms with Gasteiger partial charge in [-0.2, -0.15) is 5.10 Å². The molecule has 0 spiro atoms. The molecule has 5 nitrogen and oxygen atoms in total. The molecule has 118 valence electrons. The minimum Gasteiger partial charge on any atom is -0.337 e. The van der Waals surface area contributed by atoms with Gasteiger partial charge < -0.3 is 10.6 Å². The highest BCUT2D eigenvalue weighted by molar-refractivity contribution is 5.92. The van der Waals surface area contributed by atoms with Gasteiger partial charge in [0, 0.05) is 37.8 Å². The van der Waals surface area contributed by atoms with Crippen LogP contribution in [-0.2, 0) is 7.05 Å². The van der Waals surface area contributed by atoms with Crippen LogP contribution in [0.1, 0.15) is 55.2 Å². The SMILES string of the molecule is Cl.Cn1nc(C(=O)N2CCC(N)C(C)(C)C2)cc1C1CC1. The summed E-state index contributed by atoms with van der Waals surface area (Å²) in [5, 5.41) is 4.41. The van der Waals surface area contributed by atoms with Crippen molar-refractivity contribution < 1.29 is 4.79 Å². The Balaban J connectivity index is 0.00000161. The van der Waals surface area contributed by atoms with Gasteiger partial charge in [0.25, 0.3) is 5.91 Å². The number of aromatic nitrogens is 2. The van der Waals surface area contributed by atoms with Crippen molar-refractivity contribution in [1.82, 2.24) is 14.7 Å². The monoisotopic (exact) mass is 312 g/mol. The molecule has 0 radical (unpaired) electrons. The van der Waals surface area contributed by atoms with Crippen molar-refractivity contribution >= 4 is 18.3 Å². The molecule has 1 aromatic heterocycles. The molecule has 6 heteroatoms. The molecule has 1 amide bonds. The van der Waals surface area contributed by atoms with Crippen LogP contribution in [0, 0.1) is 5.41 Å². The van der Waals surface area contributed by atoms with E-state index in [0.717, 1.165) is 13.0 Å². The van der Waals surface area contributed by atoms with Crippen LogP contribution in [0.4, 0.5) is 0 Å². The van der Waals surface area contributed by atoms with E-state index in [1.807, 2.05) is 22.7 Å². The highest BCUT2D eigenvalue weighted by Gasteiger charge is 2.36. The lowest BCUT2D eigenvalue weighted by atomic mass is 9.79. The van der Waals surface area contributed by atoms with Crippen LogP contribution in [0.5, 0.6) is 0 Å². The summed E-state index contributed by atoms with van der Waals surface area (Å²) < 4.78 is 1.87. The number of nitrogens with zero attached hydrogens (tertiary/aromatic N) is 3. The van der Waals surface area contributed by atoms with Crippen LogP contribution in [0.3, 0.4) is 0 Å². The largest absolute Gasteiger partial charge is 0.337 e. The van der Waals surface area contributed by atoms with Crippen LogP contribution in [-0.4, -0.2) is 39.7 Å². The summed E-state index contributed by atoms with van der Waals surface area (Å²) in [4.78, 5) is 14.5. The summed E-state index contributed by atoms with van der Waals surface area (Å²) >= 11 is 0. The van der Waals surface area contributed by atoms with E-state index in [9.17, 15) is 4.79 Å². The van der Waals surface area contributed by atoms with E-state index in [-0.39, 0.29) is 29.8 Å². The Hall–Kier alpha value is -1.07. The van der Waals surface area contributed by atoms with Crippen molar-refractivity contribution in [2.75, 3.05) is 13.1 Å². The molecule has 2 N–H and O–H groups in total. The van der Waals surface area contributed by atoms with Gasteiger partial charge in [-0.3, -0.25) is 9.48 Å². The molecule has 1 aromatic rings. The third-order valence-corrected chi connectivity index (χ3v) is 4.73. The van der Waals surface area contributed by atoms with Gasteiger partial charge in [-0.15, -0.1) is 12.4 Å². The maximum absolute atomic E-state index is 12.6. The molecular weight excluding hydrogens is 288 g/mol. The van der Waals surface area contributed by atoms with Crippen LogP contribution in [0.15, 0.2) is 6.07 Å². The summed E-state index contributed by atoms with van der Waals surface area (Å²) in [5.41, 5.74) is 7.89. The summed E-state index contributed by atoms with van der Waals surface area (Å²) in [6.07, 6.45) is 3.30. The van der Waals surface area contributed by atoms with E-state index >= 15 is 0 Å². The Morgan fingerprint density at radius 2 is 2.05 bits per heavy atom. The molecule has 2 fully saturated rings. The maximum atomic E-state index is 12.6. The number of aryl methyl sites for hydroxylation is 1. The number of piperidine rings is 1. The Kier molecular flexibility index (Phi) is 4.36. The first-order valence-corrected chi connectivity index (χ1v) is 7.47. The number of nitrogens with two attached hydrogens (primary N) is 1. The second-order valence-electron chi connectivity index (χ2n) is 6.96. The molecule has 2 aliphatic rings. The van der Waals surface area contributed by atoms with Gasteiger partial charge in [-0.05, 0) is 30.7 Å². The van der Waals surface area contributed by atoms with Crippen molar-refractivity contribution in [3.8, 4) is 0 Å². The summed E-state index contributed by atoms with van der Waals surface area (Å²) in [6, 6.07) is 2.14. The second kappa shape index (κ2) is 5.61. The third kappa shape index (κ3) is 3.09. The van der Waals surface area contributed by atoms with Crippen LogP contribution >= 0.6 is 12.4 Å². The first kappa shape index (κ1) is 16.3. The molecule has 1 saturated carbocycles. The fraction of sp³-hybridized carbons (Fsp3) is 0.733. The molecule has 2 heterocycles. The van der Waals surface area contributed by atoms with Gasteiger partial charge in [0.2, 0.25) is 0 Å². The molecule has 0 aromatic carbocycles. The summed E-state index contributed by atoms with van der Waals surface area (Å²) in [6.45, 7) is 5.71. The molecule has 1 aliphatic heterocycles. The fourth-order valence-corrected chi connectivity index (χ4v) is 3.06. The number of rotatable bonds is 2. The van der Waals surface area contributed by atoms with Gasteiger partial charge in [0.1, 0.15) is 0 Å². The highest BCUT2D eigenvalue weighted by atomic mass is 35.5. The molecule has 21 heavy (non-hydrogen) atoms. The minimum absolute atomic E-state index is 0. The average molecular weight is 313 g/mol. The van der Waals surface area contributed by atoms with E-state index in [1.54, 1.807) is 0 Å². The lowest BCUT2D eigenvalue weighted by Gasteiger charge is -2.42. The van der Waals surface area contributed by atoms with E-state index in [2.05, 4.69) is 18.9 Å². The van der Waals surface area contributed by atoms with Crippen LogP contribution in [0.2, 0.25) is 0 Å². The number of hydrogen-bond acceptors (Lipinski definition) is 3. The topological polar surface area (TPSA) is 64.2 Å². The van der Waals surface area contributed by atoms with E-state index in [4.69, 9.17) is 5.73 Å². The smallest absolute Gasteiger partial charge is 0.274 e. The zero-order chi connectivity index (χ0) is 14.5. The number of halogens is 1. The molecule has 1 unspecified atom stereocenters. The molecule has 1 atom stereocenters. The first-order valence-electron chi connectivity index (χ1n) is 7.47. The number of hydrogen-bond donors (Lipinski definition) is 1. The van der Waals surface area contributed by atoms with Crippen LogP contribution in [0.25, 0.3) is 0 Å². The van der Waals surface area contributed by atoms with E-state index in [1.165, 1.54) is 18.5 Å². The zero-order valence-corrected chi connectivity index (χ0v) is 13.8. The Morgan fingerprint density at radius 3 is 2.62 bits per heavy atom.